The van der Waals surface area contributed by atoms with Crippen molar-refractivity contribution in [1.82, 2.24) is 0 Å². The predicted octanol–water partition coefficient (Wildman–Crippen LogP) is 1.45. The largest absolute Gasteiger partial charge is 0.491 e. The summed E-state index contributed by atoms with van der Waals surface area (Å²) >= 11 is 0. The molecule has 0 bridgehead atoms. The third kappa shape index (κ3) is 3.05. The molecule has 60 valence electrons. The summed E-state index contributed by atoms with van der Waals surface area (Å²) in [7, 11) is 0. The van der Waals surface area contributed by atoms with Crippen LogP contribution in [0, 0.1) is 0 Å². The van der Waals surface area contributed by atoms with Gasteiger partial charge in [-0.25, -0.2) is 0 Å². The molecule has 0 radical (unpaired) electrons. The van der Waals surface area contributed by atoms with Crippen molar-refractivity contribution >= 4 is 0 Å². The average molecular weight is 157 g/mol. The summed E-state index contributed by atoms with van der Waals surface area (Å²) in [6.07, 6.45) is -0.766. The van der Waals surface area contributed by atoms with Crippen LogP contribution in [0.25, 0.3) is 0 Å². The molecule has 0 aliphatic carbocycles. The van der Waals surface area contributed by atoms with Crippen molar-refractivity contribution in [2.75, 3.05) is 6.61 Å². The normalized spacial score (nSPS) is 18.9. The Balaban J connectivity index is 3.18. The van der Waals surface area contributed by atoms with E-state index in [0.29, 0.717) is 0 Å². The molecule has 0 saturated carbocycles. The summed E-state index contributed by atoms with van der Waals surface area (Å²) in [4.78, 5) is 0. The van der Waals surface area contributed by atoms with Gasteiger partial charge in [-0.3, -0.25) is 0 Å². The Labute approximate surface area is 73.5 Å². The second-order valence-electron chi connectivity index (χ2n) is 2.11. The summed E-state index contributed by atoms with van der Waals surface area (Å²) in [6, 6.07) is -2.14. The quantitative estimate of drug-likeness (QED) is 0.719. The molecule has 2 heteroatoms. The Morgan fingerprint density at radius 1 is 1.55 bits per heavy atom. The average Bonchev–Trinajstić information content (AvgIpc) is 2.23. The highest BCUT2D eigenvalue weighted by Gasteiger charge is 1.95. The zero-order valence-corrected chi connectivity index (χ0v) is 6.14. The Morgan fingerprint density at radius 3 is 2.73 bits per heavy atom. The van der Waals surface area contributed by atoms with Crippen LogP contribution in [0.1, 0.15) is 13.8 Å². The molecule has 0 aliphatic rings. The summed E-state index contributed by atoms with van der Waals surface area (Å²) < 4.78 is 42.1. The fourth-order valence-corrected chi connectivity index (χ4v) is 0.515. The molecule has 0 spiro atoms. The van der Waals surface area contributed by atoms with Crippen molar-refractivity contribution in [2.45, 2.75) is 13.0 Å². The highest BCUT2D eigenvalue weighted by Crippen LogP contribution is 2.07. The number of aliphatic hydroxyl groups excluding tert-OH is 1. The van der Waals surface area contributed by atoms with Gasteiger partial charge in [-0.05, 0) is 19.0 Å². The Kier molecular flexibility index (Phi) is 1.30. The number of ether oxygens (including phenoxy) is 1. The Hall–Kier alpha value is -1.02. The smallest absolute Gasteiger partial charge is 0.119 e. The standard InChI is InChI=1S/C9H12O2/c1-8(10)7-11-9-5-3-2-4-6-9/h2-6,8,10H,7H2,1H3/i2D,3D,4D,5D,6D. The fraction of sp³-hybridized carbons (Fsp3) is 0.333. The van der Waals surface area contributed by atoms with Crippen LogP contribution in [-0.4, -0.2) is 17.8 Å². The third-order valence-corrected chi connectivity index (χ3v) is 0.946. The van der Waals surface area contributed by atoms with Crippen molar-refractivity contribution in [1.29, 1.82) is 0 Å². The van der Waals surface area contributed by atoms with Gasteiger partial charge >= 0.3 is 0 Å². The molecule has 1 rings (SSSR count). The fourth-order valence-electron chi connectivity index (χ4n) is 0.515. The Bertz CT molecular complexity index is 376. The van der Waals surface area contributed by atoms with Gasteiger partial charge in [0.15, 0.2) is 0 Å². The maximum atomic E-state index is 9.01. The van der Waals surface area contributed by atoms with Crippen molar-refractivity contribution in [3.05, 3.63) is 30.2 Å². The molecule has 1 aromatic rings. The number of aliphatic hydroxyl groups is 1. The first-order chi connectivity index (χ1) is 7.36. The molecule has 11 heavy (non-hydrogen) atoms. The van der Waals surface area contributed by atoms with Crippen molar-refractivity contribution in [3.63, 3.8) is 0 Å². The summed E-state index contributed by atoms with van der Waals surface area (Å²) in [5.41, 5.74) is 0. The van der Waals surface area contributed by atoms with Crippen LogP contribution in [0.3, 0.4) is 0 Å². The first-order valence-corrected chi connectivity index (χ1v) is 3.24. The molecule has 0 aromatic heterocycles. The highest BCUT2D eigenvalue weighted by atomic mass is 16.5. The molecule has 1 unspecified atom stereocenters. The molecule has 1 atom stereocenters. The maximum Gasteiger partial charge on any atom is 0.119 e. The summed E-state index contributed by atoms with van der Waals surface area (Å²) in [6.45, 7) is 1.36. The second-order valence-corrected chi connectivity index (χ2v) is 2.11. The number of rotatable bonds is 3. The number of hydrogen-bond acceptors (Lipinski definition) is 2. The molecular formula is C9H12O2. The van der Waals surface area contributed by atoms with Crippen LogP contribution in [-0.2, 0) is 0 Å². The van der Waals surface area contributed by atoms with E-state index in [-0.39, 0.29) is 12.4 Å². The molecule has 0 saturated heterocycles. The summed E-state index contributed by atoms with van der Waals surface area (Å²) in [5.74, 6) is -0.230. The predicted molar refractivity (Wildman–Crippen MR) is 43.6 cm³/mol. The van der Waals surface area contributed by atoms with Gasteiger partial charge in [0, 0.05) is 0 Å². The minimum atomic E-state index is -0.766. The van der Waals surface area contributed by atoms with Crippen LogP contribution in [0.2, 0.25) is 0 Å². The molecule has 1 aromatic carbocycles. The molecule has 1 N–H and O–H groups in total. The van der Waals surface area contributed by atoms with E-state index >= 15 is 0 Å². The zero-order chi connectivity index (χ0) is 12.5. The Morgan fingerprint density at radius 2 is 2.18 bits per heavy atom. The first-order valence-electron chi connectivity index (χ1n) is 5.74. The van der Waals surface area contributed by atoms with Crippen molar-refractivity contribution < 1.29 is 16.7 Å². The maximum absolute atomic E-state index is 9.01. The molecule has 0 heterocycles. The van der Waals surface area contributed by atoms with Crippen LogP contribution >= 0.6 is 0 Å². The third-order valence-electron chi connectivity index (χ3n) is 0.946. The molecule has 0 amide bonds. The van der Waals surface area contributed by atoms with Gasteiger partial charge < -0.3 is 9.84 Å². The van der Waals surface area contributed by atoms with Gasteiger partial charge in [0.2, 0.25) is 0 Å². The number of hydrogen-bond donors (Lipinski definition) is 1. The second kappa shape index (κ2) is 3.98. The molecule has 0 aliphatic heterocycles. The van der Waals surface area contributed by atoms with E-state index in [2.05, 4.69) is 0 Å². The monoisotopic (exact) mass is 157 g/mol. The van der Waals surface area contributed by atoms with Gasteiger partial charge in [-0.15, -0.1) is 0 Å². The minimum Gasteiger partial charge on any atom is -0.491 e. The number of para-hydroxylation sites is 1. The first kappa shape index (κ1) is 3.59. The SMILES string of the molecule is [2H]c1c([2H])c([2H])c(OCC(C)O)c([2H])c1[2H]. The van der Waals surface area contributed by atoms with Gasteiger partial charge in [0.25, 0.3) is 0 Å². The van der Waals surface area contributed by atoms with Crippen LogP contribution in [0.15, 0.2) is 30.2 Å². The van der Waals surface area contributed by atoms with Gasteiger partial charge in [0.05, 0.1) is 13.0 Å². The number of benzene rings is 1. The zero-order valence-electron chi connectivity index (χ0n) is 11.1. The molecule has 0 fully saturated rings. The van der Waals surface area contributed by atoms with Gasteiger partial charge in [-0.2, -0.15) is 0 Å². The van der Waals surface area contributed by atoms with E-state index < -0.39 is 36.3 Å². The topological polar surface area (TPSA) is 29.5 Å². The van der Waals surface area contributed by atoms with E-state index in [4.69, 9.17) is 16.7 Å². The summed E-state index contributed by atoms with van der Waals surface area (Å²) in [5, 5.41) is 9.01. The van der Waals surface area contributed by atoms with Crippen molar-refractivity contribution in [2.24, 2.45) is 0 Å². The lowest BCUT2D eigenvalue weighted by molar-refractivity contribution is 0.123. The van der Waals surface area contributed by atoms with Crippen molar-refractivity contribution in [3.8, 4) is 5.75 Å². The lowest BCUT2D eigenvalue weighted by Gasteiger charge is -2.06. The van der Waals surface area contributed by atoms with E-state index in [9.17, 15) is 0 Å². The lowest BCUT2D eigenvalue weighted by Crippen LogP contribution is -2.12. The van der Waals surface area contributed by atoms with E-state index in [1.54, 1.807) is 0 Å². The van der Waals surface area contributed by atoms with E-state index in [0.717, 1.165) is 0 Å². The lowest BCUT2D eigenvalue weighted by atomic mass is 10.3. The van der Waals surface area contributed by atoms with E-state index in [1.807, 2.05) is 0 Å². The molecular weight excluding hydrogens is 140 g/mol. The van der Waals surface area contributed by atoms with Crippen LogP contribution in [0.5, 0.6) is 5.75 Å². The van der Waals surface area contributed by atoms with Gasteiger partial charge in [-0.1, -0.05) is 18.1 Å². The van der Waals surface area contributed by atoms with E-state index in [1.165, 1.54) is 6.92 Å². The van der Waals surface area contributed by atoms with Crippen LogP contribution < -0.4 is 4.74 Å². The molecule has 2 nitrogen and oxygen atoms in total. The van der Waals surface area contributed by atoms with Gasteiger partial charge in [0.1, 0.15) is 12.4 Å². The minimum absolute atomic E-state index is 0.117. The highest BCUT2D eigenvalue weighted by molar-refractivity contribution is 5.20. The van der Waals surface area contributed by atoms with Crippen LogP contribution in [0.4, 0.5) is 0 Å².